The number of carbonyl (C=O) groups is 1. The van der Waals surface area contributed by atoms with Crippen molar-refractivity contribution in [2.45, 2.75) is 0 Å². The molecule has 2 N–H and O–H groups in total. The Morgan fingerprint density at radius 2 is 1.92 bits per heavy atom. The van der Waals surface area contributed by atoms with Crippen LogP contribution in [-0.2, 0) is 4.79 Å². The van der Waals surface area contributed by atoms with Crippen LogP contribution in [0.3, 0.4) is 0 Å². The summed E-state index contributed by atoms with van der Waals surface area (Å²) in [5.74, 6) is 0.989. The van der Waals surface area contributed by atoms with E-state index in [1.165, 1.54) is 0 Å². The molecule has 2 aromatic carbocycles. The number of aromatic amines is 1. The van der Waals surface area contributed by atoms with Gasteiger partial charge in [0.1, 0.15) is 11.5 Å². The van der Waals surface area contributed by atoms with E-state index in [9.17, 15) is 4.79 Å². The topological polar surface area (TPSA) is 75.7 Å². The predicted molar refractivity (Wildman–Crippen MR) is 92.5 cm³/mol. The molecule has 0 aliphatic heterocycles. The van der Waals surface area contributed by atoms with Crippen LogP contribution < -0.4 is 14.9 Å². The minimum atomic E-state index is -0.332. The second kappa shape index (κ2) is 7.32. The number of nitrogens with one attached hydrogen (secondary N) is 2. The third-order valence-electron chi connectivity index (χ3n) is 3.44. The van der Waals surface area contributed by atoms with Crippen molar-refractivity contribution >= 4 is 23.0 Å². The number of para-hydroxylation sites is 1. The van der Waals surface area contributed by atoms with Crippen molar-refractivity contribution in [3.63, 3.8) is 0 Å². The number of rotatable bonds is 6. The lowest BCUT2D eigenvalue weighted by Gasteiger charge is -2.05. The number of H-pyrrole nitrogens is 1. The third kappa shape index (κ3) is 3.73. The van der Waals surface area contributed by atoms with Gasteiger partial charge in [-0.1, -0.05) is 18.2 Å². The molecule has 0 spiro atoms. The Kier molecular flexibility index (Phi) is 4.76. The van der Waals surface area contributed by atoms with E-state index in [4.69, 9.17) is 9.47 Å². The summed E-state index contributed by atoms with van der Waals surface area (Å²) in [5.41, 5.74) is 4.37. The number of amides is 1. The molecule has 3 aromatic rings. The van der Waals surface area contributed by atoms with Gasteiger partial charge in [-0.3, -0.25) is 4.79 Å². The summed E-state index contributed by atoms with van der Waals surface area (Å²) in [4.78, 5) is 14.9. The van der Waals surface area contributed by atoms with Crippen molar-refractivity contribution in [2.24, 2.45) is 5.10 Å². The minimum Gasteiger partial charge on any atom is -0.497 e. The van der Waals surface area contributed by atoms with Crippen LogP contribution >= 0.6 is 0 Å². The van der Waals surface area contributed by atoms with Crippen LogP contribution in [0.4, 0.5) is 0 Å². The second-order valence-electron chi connectivity index (χ2n) is 5.05. The average Bonchev–Trinajstić information content (AvgIpc) is 3.04. The first kappa shape index (κ1) is 15.6. The largest absolute Gasteiger partial charge is 0.497 e. The standard InChI is InChI=1S/C18H17N3O3/c1-23-14-6-8-15(9-7-14)24-12-18(22)21-20-11-13-10-19-17-5-3-2-4-16(13)17/h2-11,19H,12H2,1H3,(H,21,22)/b20-11+. The average molecular weight is 323 g/mol. The molecular formula is C18H17N3O3. The van der Waals surface area contributed by atoms with Gasteiger partial charge in [-0.05, 0) is 30.3 Å². The molecule has 0 aliphatic rings. The highest BCUT2D eigenvalue weighted by Crippen LogP contribution is 2.17. The van der Waals surface area contributed by atoms with Crippen molar-refractivity contribution in [1.29, 1.82) is 0 Å². The van der Waals surface area contributed by atoms with Gasteiger partial charge in [0.25, 0.3) is 5.91 Å². The molecule has 1 heterocycles. The quantitative estimate of drug-likeness (QED) is 0.541. The van der Waals surface area contributed by atoms with Crippen LogP contribution in [0, 0.1) is 0 Å². The highest BCUT2D eigenvalue weighted by atomic mass is 16.5. The van der Waals surface area contributed by atoms with E-state index in [2.05, 4.69) is 15.5 Å². The first-order valence-electron chi connectivity index (χ1n) is 7.41. The molecule has 3 rings (SSSR count). The van der Waals surface area contributed by atoms with Crippen LogP contribution in [0.25, 0.3) is 10.9 Å². The molecule has 0 fully saturated rings. The molecule has 0 radical (unpaired) electrons. The van der Waals surface area contributed by atoms with E-state index in [0.29, 0.717) is 5.75 Å². The summed E-state index contributed by atoms with van der Waals surface area (Å²) in [6, 6.07) is 14.9. The lowest BCUT2D eigenvalue weighted by molar-refractivity contribution is -0.123. The fraction of sp³-hybridized carbons (Fsp3) is 0.111. The summed E-state index contributed by atoms with van der Waals surface area (Å²) in [7, 11) is 1.59. The highest BCUT2D eigenvalue weighted by molar-refractivity contribution is 5.99. The number of nitrogens with zero attached hydrogens (tertiary/aromatic N) is 1. The molecule has 6 heteroatoms. The SMILES string of the molecule is COc1ccc(OCC(=O)N/N=C/c2c[nH]c3ccccc23)cc1. The fourth-order valence-corrected chi connectivity index (χ4v) is 2.23. The van der Waals surface area contributed by atoms with Gasteiger partial charge in [0, 0.05) is 22.7 Å². The van der Waals surface area contributed by atoms with Crippen LogP contribution in [0.15, 0.2) is 59.8 Å². The number of fused-ring (bicyclic) bond motifs is 1. The van der Waals surface area contributed by atoms with E-state index < -0.39 is 0 Å². The van der Waals surface area contributed by atoms with Crippen molar-refractivity contribution in [1.82, 2.24) is 10.4 Å². The second-order valence-corrected chi connectivity index (χ2v) is 5.05. The van der Waals surface area contributed by atoms with Gasteiger partial charge < -0.3 is 14.5 Å². The van der Waals surface area contributed by atoms with Gasteiger partial charge >= 0.3 is 0 Å². The van der Waals surface area contributed by atoms with Gasteiger partial charge in [0.05, 0.1) is 13.3 Å². The molecule has 1 aromatic heterocycles. The monoisotopic (exact) mass is 323 g/mol. The predicted octanol–water partition coefficient (Wildman–Crippen LogP) is 2.71. The third-order valence-corrected chi connectivity index (χ3v) is 3.44. The van der Waals surface area contributed by atoms with Crippen molar-refractivity contribution < 1.29 is 14.3 Å². The van der Waals surface area contributed by atoms with Crippen LogP contribution in [-0.4, -0.2) is 30.8 Å². The maximum absolute atomic E-state index is 11.7. The van der Waals surface area contributed by atoms with Crippen molar-refractivity contribution in [3.8, 4) is 11.5 Å². The number of benzene rings is 2. The van der Waals surface area contributed by atoms with E-state index >= 15 is 0 Å². The number of carbonyl (C=O) groups excluding carboxylic acids is 1. The summed E-state index contributed by atoms with van der Waals surface area (Å²) in [6.07, 6.45) is 3.44. The molecule has 122 valence electrons. The first-order valence-corrected chi connectivity index (χ1v) is 7.41. The Labute approximate surface area is 139 Å². The molecule has 24 heavy (non-hydrogen) atoms. The lowest BCUT2D eigenvalue weighted by atomic mass is 10.2. The Balaban J connectivity index is 1.51. The highest BCUT2D eigenvalue weighted by Gasteiger charge is 2.03. The number of hydrazone groups is 1. The molecular weight excluding hydrogens is 306 g/mol. The van der Waals surface area contributed by atoms with E-state index in [1.54, 1.807) is 37.6 Å². The Morgan fingerprint density at radius 3 is 2.71 bits per heavy atom. The molecule has 0 atom stereocenters. The number of hydrogen-bond donors (Lipinski definition) is 2. The normalized spacial score (nSPS) is 10.9. The molecule has 1 amide bonds. The number of aromatic nitrogens is 1. The van der Waals surface area contributed by atoms with Crippen LogP contribution in [0.2, 0.25) is 0 Å². The number of methoxy groups -OCH3 is 1. The van der Waals surface area contributed by atoms with Gasteiger partial charge in [-0.2, -0.15) is 5.10 Å². The lowest BCUT2D eigenvalue weighted by Crippen LogP contribution is -2.24. The Bertz CT molecular complexity index is 853. The summed E-state index contributed by atoms with van der Waals surface area (Å²) in [5, 5.41) is 5.01. The maximum Gasteiger partial charge on any atom is 0.277 e. The zero-order chi connectivity index (χ0) is 16.8. The molecule has 0 saturated carbocycles. The zero-order valence-electron chi connectivity index (χ0n) is 13.2. The molecule has 0 bridgehead atoms. The summed E-state index contributed by atoms with van der Waals surface area (Å²) >= 11 is 0. The summed E-state index contributed by atoms with van der Waals surface area (Å²) < 4.78 is 10.4. The summed E-state index contributed by atoms with van der Waals surface area (Å²) in [6.45, 7) is -0.114. The molecule has 0 saturated heterocycles. The van der Waals surface area contributed by atoms with Gasteiger partial charge in [-0.15, -0.1) is 0 Å². The van der Waals surface area contributed by atoms with Crippen molar-refractivity contribution in [2.75, 3.05) is 13.7 Å². The fourth-order valence-electron chi connectivity index (χ4n) is 2.23. The smallest absolute Gasteiger partial charge is 0.277 e. The minimum absolute atomic E-state index is 0.114. The van der Waals surface area contributed by atoms with E-state index in [-0.39, 0.29) is 12.5 Å². The maximum atomic E-state index is 11.7. The van der Waals surface area contributed by atoms with Crippen LogP contribution in [0.1, 0.15) is 5.56 Å². The van der Waals surface area contributed by atoms with Gasteiger partial charge in [0.2, 0.25) is 0 Å². The molecule has 6 nitrogen and oxygen atoms in total. The van der Waals surface area contributed by atoms with Crippen LogP contribution in [0.5, 0.6) is 11.5 Å². The first-order chi connectivity index (χ1) is 11.8. The van der Waals surface area contributed by atoms with Crippen molar-refractivity contribution in [3.05, 3.63) is 60.3 Å². The Hall–Kier alpha value is -3.28. The zero-order valence-corrected chi connectivity index (χ0v) is 13.2. The van der Waals surface area contributed by atoms with Gasteiger partial charge in [-0.25, -0.2) is 5.43 Å². The van der Waals surface area contributed by atoms with E-state index in [1.807, 2.05) is 30.5 Å². The number of ether oxygens (including phenoxy) is 2. The molecule has 0 aliphatic carbocycles. The van der Waals surface area contributed by atoms with E-state index in [0.717, 1.165) is 22.2 Å². The number of hydrogen-bond acceptors (Lipinski definition) is 4. The molecule has 0 unspecified atom stereocenters. The van der Waals surface area contributed by atoms with Gasteiger partial charge in [0.15, 0.2) is 6.61 Å². The Morgan fingerprint density at radius 1 is 1.17 bits per heavy atom.